The van der Waals surface area contributed by atoms with Crippen molar-refractivity contribution in [1.82, 2.24) is 30.9 Å². The predicted octanol–water partition coefficient (Wildman–Crippen LogP) is 18.4. The van der Waals surface area contributed by atoms with Crippen molar-refractivity contribution in [2.75, 3.05) is 44.7 Å². The quantitative estimate of drug-likeness (QED) is 0.0358. The number of nitriles is 3. The molecule has 666 valence electrons. The number of nitrogens with zero attached hydrogens (tertiary/aromatic N) is 10. The van der Waals surface area contributed by atoms with Crippen LogP contribution in [0.4, 0.5) is 54.7 Å². The number of rotatable bonds is 10. The number of pyridine rings is 3. The maximum Gasteiger partial charge on any atom is 0.413 e. The van der Waals surface area contributed by atoms with Gasteiger partial charge in [0, 0.05) is 86.6 Å². The van der Waals surface area contributed by atoms with Gasteiger partial charge in [-0.25, -0.2) is 46.9 Å². The standard InChI is InChI=1S/2C26H28FN5O3S.C21H20FN5OS.C19H26FN3O2S/c2*1-15-9-17-14-36-23(31-24(34)35-25(2,3)4)32-26(17,11-15)19-10-18(6-7-20(19)27)30-22(33)21-8-5-16(12-28)13-29-21;1-12-6-14-11-29-20(24)27-21(14,8-12)16-7-15(3-4-17(16)22)26-19(28)18-5-2-13(9-23)10-25-18;1-11-7-12-10-26-16(22-17(24)25-18(2,3)4)23-19(12,9-11)14-8-13(21)5-6-15(14)20/h2*5-8,10,13,15,17H,9,11,14H2,1-4H3,(H,30,33)(H,31,32,34);2-5,7,10,12,14H,6,8,11H2,1H3,(H2,24,27)(H,26,28);5-6,8,11-12H,7,9-10,21H2,1-4H3,(H,22,23,24)/t2*15-,17-,26-;12-,14-,21-;11-,12-,19-/m0000/s1. The Hall–Kier alpha value is -11.6. The lowest BCUT2D eigenvalue weighted by Gasteiger charge is -2.37. The van der Waals surface area contributed by atoms with Gasteiger partial charge in [-0.1, -0.05) is 74.7 Å². The zero-order chi connectivity index (χ0) is 91.9. The van der Waals surface area contributed by atoms with E-state index < -0.39 is 86.6 Å². The van der Waals surface area contributed by atoms with Crippen LogP contribution in [0.3, 0.4) is 0 Å². The first kappa shape index (κ1) is 94.5. The summed E-state index contributed by atoms with van der Waals surface area (Å²) in [7, 11) is 0. The number of carbonyl (C=O) groups excluding carboxylic acids is 6. The van der Waals surface area contributed by atoms with Crippen LogP contribution in [0.25, 0.3) is 0 Å². The van der Waals surface area contributed by atoms with Gasteiger partial charge in [-0.3, -0.25) is 50.3 Å². The molecule has 27 nitrogen and oxygen atoms in total. The summed E-state index contributed by atoms with van der Waals surface area (Å²) in [5.41, 5.74) is 12.0. The van der Waals surface area contributed by atoms with Gasteiger partial charge in [-0.05, 0) is 270 Å². The molecule has 0 unspecified atom stereocenters. The number of amides is 6. The Morgan fingerprint density at radius 1 is 0.386 bits per heavy atom. The molecule has 7 aromatic rings. The number of carbonyl (C=O) groups is 6. The topological polar surface area (TPSA) is 414 Å². The molecular formula is C92H102F4N18O9S4. The van der Waals surface area contributed by atoms with E-state index in [1.807, 2.05) is 18.2 Å². The normalized spacial score (nSPS) is 24.8. The van der Waals surface area contributed by atoms with Gasteiger partial charge >= 0.3 is 18.3 Å². The van der Waals surface area contributed by atoms with Crippen molar-refractivity contribution in [1.29, 1.82) is 15.8 Å². The monoisotopic (exact) mass is 1810 g/mol. The largest absolute Gasteiger partial charge is 0.444 e. The third kappa shape index (κ3) is 22.9. The van der Waals surface area contributed by atoms with Crippen molar-refractivity contribution >= 4 is 126 Å². The van der Waals surface area contributed by atoms with Crippen LogP contribution in [0, 0.1) is 105 Å². The number of amidine groups is 4. The third-order valence-corrected chi connectivity index (χ3v) is 26.8. The second-order valence-electron chi connectivity index (χ2n) is 36.3. The van der Waals surface area contributed by atoms with Gasteiger partial charge in [0.25, 0.3) is 17.7 Å². The van der Waals surface area contributed by atoms with Crippen molar-refractivity contribution in [3.8, 4) is 18.2 Å². The number of nitrogens with one attached hydrogen (secondary N) is 6. The van der Waals surface area contributed by atoms with Crippen LogP contribution < -0.4 is 43.4 Å². The van der Waals surface area contributed by atoms with E-state index in [2.05, 4.69) is 74.5 Å². The van der Waals surface area contributed by atoms with E-state index in [-0.39, 0.29) is 52.4 Å². The van der Waals surface area contributed by atoms with Gasteiger partial charge in [0.1, 0.15) is 75.4 Å². The Kier molecular flexibility index (Phi) is 29.0. The molecule has 4 aromatic carbocycles. The lowest BCUT2D eigenvalue weighted by Crippen LogP contribution is -2.42. The van der Waals surface area contributed by atoms with Crippen LogP contribution in [-0.2, 0) is 36.4 Å². The van der Waals surface area contributed by atoms with E-state index in [1.54, 1.807) is 92.6 Å². The average molecular weight is 1810 g/mol. The lowest BCUT2D eigenvalue weighted by molar-refractivity contribution is 0.0552. The zero-order valence-electron chi connectivity index (χ0n) is 72.7. The molecule has 0 saturated heterocycles. The van der Waals surface area contributed by atoms with Crippen molar-refractivity contribution in [2.45, 2.75) is 180 Å². The molecule has 6 amide bonds. The molecule has 127 heavy (non-hydrogen) atoms. The van der Waals surface area contributed by atoms with Crippen molar-refractivity contribution in [3.05, 3.63) is 207 Å². The second kappa shape index (κ2) is 38.9. The Morgan fingerprint density at radius 2 is 0.654 bits per heavy atom. The van der Waals surface area contributed by atoms with Crippen LogP contribution in [0.5, 0.6) is 0 Å². The molecule has 4 fully saturated rings. The SMILES string of the molecule is C[C@H]1C[C@H]2CSC(N)=N[C@@]2(c2cc(NC(=O)c3ccc(C#N)cn3)ccc2F)C1.C[C@H]1C[C@H]2CSC(NC(=O)OC(C)(C)C)=N[C@@]2(c2cc(N)ccc2F)C1.C[C@H]1C[C@H]2CSC(NC(=O)OC(C)(C)C)=N[C@@]2(c2cc(NC(=O)c3ccc(C#N)cn3)ccc2F)C1.C[C@H]1C[C@H]2CSC(NC(=O)OC(C)(C)C)=N[C@@]2(c2cc(NC(=O)c3ccc(C#N)cn3)ccc2F)C1. The summed E-state index contributed by atoms with van der Waals surface area (Å²) >= 11 is 5.85. The number of nitrogens with two attached hydrogens (primary N) is 2. The second-order valence-corrected chi connectivity index (χ2v) is 40.4. The number of halogens is 4. The van der Waals surface area contributed by atoms with E-state index >= 15 is 8.78 Å². The molecule has 4 aliphatic carbocycles. The number of anilines is 4. The lowest BCUT2D eigenvalue weighted by atomic mass is 9.81. The number of thioether (sulfide) groups is 4. The van der Waals surface area contributed by atoms with Crippen molar-refractivity contribution < 1.29 is 60.5 Å². The van der Waals surface area contributed by atoms with Gasteiger partial charge in [0.05, 0.1) is 38.8 Å². The van der Waals surface area contributed by atoms with E-state index in [9.17, 15) is 37.5 Å². The predicted molar refractivity (Wildman–Crippen MR) is 487 cm³/mol. The molecule has 35 heteroatoms. The van der Waals surface area contributed by atoms with E-state index in [1.165, 1.54) is 145 Å². The number of aliphatic imine (C=N–C) groups is 4. The molecule has 0 spiro atoms. The van der Waals surface area contributed by atoms with Crippen molar-refractivity contribution in [3.63, 3.8) is 0 Å². The molecular weight excluding hydrogens is 1710 g/mol. The maximum absolute atomic E-state index is 15.3. The molecule has 7 heterocycles. The molecule has 15 rings (SSSR count). The number of alkyl carbamates (subject to hydrolysis) is 3. The van der Waals surface area contributed by atoms with E-state index in [0.717, 1.165) is 50.0 Å². The first-order valence-corrected chi connectivity index (χ1v) is 45.6. The minimum atomic E-state index is -0.869. The fourth-order valence-corrected chi connectivity index (χ4v) is 22.3. The maximum atomic E-state index is 15.3. The van der Waals surface area contributed by atoms with E-state index in [4.69, 9.17) is 61.4 Å². The summed E-state index contributed by atoms with van der Waals surface area (Å²) in [6.45, 7) is 24.6. The molecule has 12 atom stereocenters. The average Bonchev–Trinajstić information content (AvgIpc) is 1.65. The van der Waals surface area contributed by atoms with Gasteiger partial charge in [0.2, 0.25) is 0 Å². The first-order chi connectivity index (χ1) is 60.0. The highest BCUT2D eigenvalue weighted by Crippen LogP contribution is 2.58. The number of benzene rings is 4. The van der Waals surface area contributed by atoms with E-state index in [0.29, 0.717) is 130 Å². The number of nitrogen functional groups attached to an aromatic ring is 1. The minimum absolute atomic E-state index is 0.0716. The summed E-state index contributed by atoms with van der Waals surface area (Å²) in [6.07, 6.45) is 8.61. The number of ether oxygens (including phenoxy) is 3. The van der Waals surface area contributed by atoms with Crippen LogP contribution in [-0.4, -0.2) is 111 Å². The number of hydrogen-bond donors (Lipinski definition) is 8. The number of fused-ring (bicyclic) bond motifs is 4. The smallest absolute Gasteiger partial charge is 0.413 e. The summed E-state index contributed by atoms with van der Waals surface area (Å²) in [4.78, 5) is 106. The number of aromatic nitrogens is 3. The Bertz CT molecular complexity index is 5440. The molecule has 8 aliphatic rings. The van der Waals surface area contributed by atoms with Crippen LogP contribution in [0.15, 0.2) is 148 Å². The van der Waals surface area contributed by atoms with Gasteiger partial charge in [-0.15, -0.1) is 0 Å². The summed E-state index contributed by atoms with van der Waals surface area (Å²) in [5.74, 6) is 2.07. The van der Waals surface area contributed by atoms with Gasteiger partial charge in [0.15, 0.2) is 20.7 Å². The molecule has 4 aliphatic heterocycles. The highest BCUT2D eigenvalue weighted by molar-refractivity contribution is 8.14. The van der Waals surface area contributed by atoms with Crippen LogP contribution in [0.2, 0.25) is 0 Å². The Morgan fingerprint density at radius 3 is 0.921 bits per heavy atom. The molecule has 0 bridgehead atoms. The molecule has 0 radical (unpaired) electrons. The highest BCUT2D eigenvalue weighted by Gasteiger charge is 2.55. The molecule has 3 aromatic heterocycles. The van der Waals surface area contributed by atoms with Crippen LogP contribution in [0.1, 0.15) is 212 Å². The Labute approximate surface area is 752 Å². The number of hydrogen-bond acceptors (Lipinski definition) is 25. The third-order valence-electron chi connectivity index (χ3n) is 22.7. The fourth-order valence-electron chi connectivity index (χ4n) is 17.8. The fraction of sp³-hybridized carbons (Fsp3) is 0.435. The summed E-state index contributed by atoms with van der Waals surface area (Å²) < 4.78 is 76.3. The van der Waals surface area contributed by atoms with Gasteiger partial charge < -0.3 is 41.6 Å². The molecule has 4 saturated carbocycles. The van der Waals surface area contributed by atoms with Crippen LogP contribution >= 0.6 is 47.0 Å². The minimum Gasteiger partial charge on any atom is -0.444 e. The Balaban J connectivity index is 0.000000155. The van der Waals surface area contributed by atoms with Gasteiger partial charge in [-0.2, -0.15) is 15.8 Å². The molecule has 10 N–H and O–H groups in total. The highest BCUT2D eigenvalue weighted by atomic mass is 32.2. The van der Waals surface area contributed by atoms with Crippen molar-refractivity contribution in [2.24, 2.45) is 73.0 Å². The summed E-state index contributed by atoms with van der Waals surface area (Å²) in [5, 5.41) is 44.9. The summed E-state index contributed by atoms with van der Waals surface area (Å²) in [6, 6.07) is 32.9. The first-order valence-electron chi connectivity index (χ1n) is 41.6. The zero-order valence-corrected chi connectivity index (χ0v) is 75.9.